The SMILES string of the molecule is NCC(c1cc(-c2ccc(F)cc2)n[nH]1)c1cc(F)ccc1F. The fourth-order valence-electron chi connectivity index (χ4n) is 2.49. The number of nitrogens with one attached hydrogen (secondary N) is 1. The normalized spacial score (nSPS) is 12.3. The number of nitrogens with zero attached hydrogens (tertiary/aromatic N) is 1. The second-order valence-electron chi connectivity index (χ2n) is 5.17. The lowest BCUT2D eigenvalue weighted by atomic mass is 9.94. The third-order valence-electron chi connectivity index (χ3n) is 3.68. The molecule has 0 spiro atoms. The Morgan fingerprint density at radius 1 is 0.957 bits per heavy atom. The first-order valence-corrected chi connectivity index (χ1v) is 7.04. The first kappa shape index (κ1) is 15.3. The molecular formula is C17H14F3N3. The number of rotatable bonds is 4. The number of halogens is 3. The van der Waals surface area contributed by atoms with E-state index >= 15 is 0 Å². The van der Waals surface area contributed by atoms with Crippen LogP contribution in [0.2, 0.25) is 0 Å². The highest BCUT2D eigenvalue weighted by molar-refractivity contribution is 5.59. The molecule has 0 aliphatic rings. The van der Waals surface area contributed by atoms with E-state index in [9.17, 15) is 13.2 Å². The predicted octanol–water partition coefficient (Wildman–Crippen LogP) is 3.58. The van der Waals surface area contributed by atoms with Crippen molar-refractivity contribution < 1.29 is 13.2 Å². The number of hydrogen-bond acceptors (Lipinski definition) is 2. The molecule has 3 rings (SSSR count). The Kier molecular flexibility index (Phi) is 4.16. The van der Waals surface area contributed by atoms with Gasteiger partial charge in [0.05, 0.1) is 5.69 Å². The van der Waals surface area contributed by atoms with Crippen molar-refractivity contribution in [3.05, 3.63) is 77.2 Å². The summed E-state index contributed by atoms with van der Waals surface area (Å²) < 4.78 is 40.3. The van der Waals surface area contributed by atoms with Crippen molar-refractivity contribution in [2.75, 3.05) is 6.54 Å². The molecule has 23 heavy (non-hydrogen) atoms. The zero-order valence-electron chi connectivity index (χ0n) is 12.1. The molecule has 3 aromatic rings. The molecule has 1 heterocycles. The van der Waals surface area contributed by atoms with Gasteiger partial charge in [0.25, 0.3) is 0 Å². The third kappa shape index (κ3) is 3.12. The number of aromatic nitrogens is 2. The Morgan fingerprint density at radius 2 is 1.65 bits per heavy atom. The van der Waals surface area contributed by atoms with Gasteiger partial charge in [0.1, 0.15) is 17.5 Å². The number of aromatic amines is 1. The number of hydrogen-bond donors (Lipinski definition) is 2. The zero-order valence-corrected chi connectivity index (χ0v) is 12.1. The molecule has 0 aliphatic carbocycles. The number of benzene rings is 2. The molecule has 0 bridgehead atoms. The summed E-state index contributed by atoms with van der Waals surface area (Å²) in [6, 6.07) is 10.8. The summed E-state index contributed by atoms with van der Waals surface area (Å²) in [7, 11) is 0. The van der Waals surface area contributed by atoms with Gasteiger partial charge in [-0.2, -0.15) is 5.10 Å². The smallest absolute Gasteiger partial charge is 0.127 e. The van der Waals surface area contributed by atoms with Gasteiger partial charge in [-0.05, 0) is 48.5 Å². The maximum Gasteiger partial charge on any atom is 0.127 e. The molecule has 2 aromatic carbocycles. The minimum Gasteiger partial charge on any atom is -0.329 e. The minimum atomic E-state index is -0.549. The quantitative estimate of drug-likeness (QED) is 0.773. The highest BCUT2D eigenvalue weighted by atomic mass is 19.1. The molecule has 0 aliphatic heterocycles. The Hall–Kier alpha value is -2.60. The van der Waals surface area contributed by atoms with Crippen molar-refractivity contribution >= 4 is 0 Å². The fourth-order valence-corrected chi connectivity index (χ4v) is 2.49. The second-order valence-corrected chi connectivity index (χ2v) is 5.17. The van der Waals surface area contributed by atoms with E-state index in [2.05, 4.69) is 10.2 Å². The molecule has 0 saturated carbocycles. The molecule has 0 saturated heterocycles. The summed E-state index contributed by atoms with van der Waals surface area (Å²) in [5, 5.41) is 6.95. The fraction of sp³-hybridized carbons (Fsp3) is 0.118. The van der Waals surface area contributed by atoms with Crippen LogP contribution in [0.1, 0.15) is 17.2 Å². The van der Waals surface area contributed by atoms with E-state index < -0.39 is 17.6 Å². The van der Waals surface area contributed by atoms with Crippen LogP contribution in [0.5, 0.6) is 0 Å². The van der Waals surface area contributed by atoms with Crippen molar-refractivity contribution in [3.63, 3.8) is 0 Å². The molecule has 118 valence electrons. The lowest BCUT2D eigenvalue weighted by Crippen LogP contribution is -2.16. The van der Waals surface area contributed by atoms with Crippen molar-refractivity contribution in [2.24, 2.45) is 5.73 Å². The molecule has 0 radical (unpaired) electrons. The van der Waals surface area contributed by atoms with Gasteiger partial charge in [0, 0.05) is 29.3 Å². The lowest BCUT2D eigenvalue weighted by Gasteiger charge is -2.14. The van der Waals surface area contributed by atoms with Gasteiger partial charge in [-0.1, -0.05) is 0 Å². The Balaban J connectivity index is 1.97. The maximum atomic E-state index is 14.0. The molecule has 3 N–H and O–H groups in total. The van der Waals surface area contributed by atoms with Crippen LogP contribution >= 0.6 is 0 Å². The van der Waals surface area contributed by atoms with Crippen LogP contribution in [0.15, 0.2) is 48.5 Å². The standard InChI is InChI=1S/C17H14F3N3/c18-11-3-1-10(2-4-11)16-8-17(23-22-16)14(9-21)13-7-12(19)5-6-15(13)20/h1-8,14H,9,21H2,(H,22,23). The zero-order chi connectivity index (χ0) is 16.4. The second kappa shape index (κ2) is 6.26. The number of nitrogens with two attached hydrogens (primary N) is 1. The van der Waals surface area contributed by atoms with Crippen LogP contribution in [0.25, 0.3) is 11.3 Å². The lowest BCUT2D eigenvalue weighted by molar-refractivity contribution is 0.572. The Morgan fingerprint density at radius 3 is 2.35 bits per heavy atom. The van der Waals surface area contributed by atoms with Crippen molar-refractivity contribution in [1.82, 2.24) is 10.2 Å². The van der Waals surface area contributed by atoms with Crippen LogP contribution in [-0.4, -0.2) is 16.7 Å². The highest BCUT2D eigenvalue weighted by Gasteiger charge is 2.20. The first-order chi connectivity index (χ1) is 11.1. The highest BCUT2D eigenvalue weighted by Crippen LogP contribution is 2.28. The molecule has 6 heteroatoms. The molecule has 0 fully saturated rings. The first-order valence-electron chi connectivity index (χ1n) is 7.04. The topological polar surface area (TPSA) is 54.7 Å². The Bertz CT molecular complexity index is 812. The van der Waals surface area contributed by atoms with Crippen LogP contribution in [-0.2, 0) is 0 Å². The molecule has 1 unspecified atom stereocenters. The molecular weight excluding hydrogens is 303 g/mol. The molecule has 0 amide bonds. The minimum absolute atomic E-state index is 0.0887. The average Bonchev–Trinajstić information content (AvgIpc) is 3.02. The van der Waals surface area contributed by atoms with Crippen molar-refractivity contribution in [1.29, 1.82) is 0 Å². The van der Waals surface area contributed by atoms with Crippen molar-refractivity contribution in [2.45, 2.75) is 5.92 Å². The van der Waals surface area contributed by atoms with E-state index in [4.69, 9.17) is 5.73 Å². The summed E-state index contributed by atoms with van der Waals surface area (Å²) in [5.74, 6) is -1.95. The van der Waals surface area contributed by atoms with Gasteiger partial charge >= 0.3 is 0 Å². The van der Waals surface area contributed by atoms with E-state index in [1.54, 1.807) is 18.2 Å². The van der Waals surface area contributed by atoms with Gasteiger partial charge in [-0.25, -0.2) is 13.2 Å². The van der Waals surface area contributed by atoms with Crippen LogP contribution in [0.4, 0.5) is 13.2 Å². The van der Waals surface area contributed by atoms with E-state index in [0.717, 1.165) is 18.2 Å². The third-order valence-corrected chi connectivity index (χ3v) is 3.68. The maximum absolute atomic E-state index is 14.0. The predicted molar refractivity (Wildman–Crippen MR) is 81.2 cm³/mol. The summed E-state index contributed by atoms with van der Waals surface area (Å²) in [6.45, 7) is 0.0887. The van der Waals surface area contributed by atoms with E-state index in [0.29, 0.717) is 17.0 Å². The molecule has 3 nitrogen and oxygen atoms in total. The largest absolute Gasteiger partial charge is 0.329 e. The molecule has 1 atom stereocenters. The van der Waals surface area contributed by atoms with Gasteiger partial charge in [0.15, 0.2) is 0 Å². The van der Waals surface area contributed by atoms with Gasteiger partial charge < -0.3 is 5.73 Å². The summed E-state index contributed by atoms with van der Waals surface area (Å²) in [6.07, 6.45) is 0. The van der Waals surface area contributed by atoms with Crippen LogP contribution < -0.4 is 5.73 Å². The van der Waals surface area contributed by atoms with E-state index in [-0.39, 0.29) is 17.9 Å². The van der Waals surface area contributed by atoms with Crippen LogP contribution in [0.3, 0.4) is 0 Å². The summed E-state index contributed by atoms with van der Waals surface area (Å²) in [5.41, 5.74) is 7.76. The van der Waals surface area contributed by atoms with Gasteiger partial charge in [-0.15, -0.1) is 0 Å². The monoisotopic (exact) mass is 317 g/mol. The molecule has 1 aromatic heterocycles. The van der Waals surface area contributed by atoms with Crippen molar-refractivity contribution in [3.8, 4) is 11.3 Å². The summed E-state index contributed by atoms with van der Waals surface area (Å²) in [4.78, 5) is 0. The van der Waals surface area contributed by atoms with Crippen LogP contribution in [0, 0.1) is 17.5 Å². The van der Waals surface area contributed by atoms with E-state index in [1.165, 1.54) is 12.1 Å². The van der Waals surface area contributed by atoms with Gasteiger partial charge in [-0.3, -0.25) is 5.10 Å². The number of H-pyrrole nitrogens is 1. The summed E-state index contributed by atoms with van der Waals surface area (Å²) >= 11 is 0. The average molecular weight is 317 g/mol. The van der Waals surface area contributed by atoms with E-state index in [1.807, 2.05) is 0 Å². The van der Waals surface area contributed by atoms with Gasteiger partial charge in [0.2, 0.25) is 0 Å². The Labute approximate surface area is 131 Å².